The zero-order valence-corrected chi connectivity index (χ0v) is 2.96. The standard InChI is InChI=1S/CH4.Al.BH3.Zr.3H/h1H4;;1H3;;;;. The first-order valence-corrected chi connectivity index (χ1v) is 0. The molecule has 0 unspecified atom stereocenters. The van der Waals surface area contributed by atoms with E-state index in [1.165, 1.54) is 0 Å². The Labute approximate surface area is 59.2 Å². The molecule has 0 aliphatic heterocycles. The van der Waals surface area contributed by atoms with E-state index >= 15 is 0 Å². The monoisotopic (exact) mass is 150 g/mol. The van der Waals surface area contributed by atoms with E-state index in [1.54, 1.807) is 0 Å². The molecule has 0 heterocycles. The van der Waals surface area contributed by atoms with Crippen molar-refractivity contribution in [2.45, 2.75) is 7.43 Å². The first-order chi connectivity index (χ1) is 0. The quantitative estimate of drug-likeness (QED) is 0.361. The Morgan fingerprint density at radius 1 is 1.00 bits per heavy atom. The fourth-order valence-corrected chi connectivity index (χ4v) is 0. The third-order valence-electron chi connectivity index (χ3n) is 0. The van der Waals surface area contributed by atoms with Crippen LogP contribution in [-0.2, 0) is 26.2 Å². The van der Waals surface area contributed by atoms with Crippen LogP contribution in [0.15, 0.2) is 0 Å². The van der Waals surface area contributed by atoms with E-state index in [4.69, 9.17) is 0 Å². The summed E-state index contributed by atoms with van der Waals surface area (Å²) in [5.74, 6) is 0. The summed E-state index contributed by atoms with van der Waals surface area (Å²) >= 11 is 0. The van der Waals surface area contributed by atoms with Gasteiger partial charge in [-0.05, 0) is 0 Å². The van der Waals surface area contributed by atoms with Crippen LogP contribution in [0.4, 0.5) is 0 Å². The molecule has 0 N–H and O–H groups in total. The Hall–Kier alpha value is 1.48. The van der Waals surface area contributed by atoms with E-state index in [0.717, 1.165) is 0 Å². The molecule has 0 aliphatic rings. The van der Waals surface area contributed by atoms with Gasteiger partial charge in [-0.3, -0.25) is 0 Å². The SMILES string of the molecule is B.C.[AlH3].[Zr]. The fraction of sp³-hybridized carbons (Fsp3) is 1.00. The van der Waals surface area contributed by atoms with Gasteiger partial charge in [0.25, 0.3) is 0 Å². The van der Waals surface area contributed by atoms with Crippen molar-refractivity contribution in [2.24, 2.45) is 0 Å². The second kappa shape index (κ2) is 24.8. The number of hydrogen-bond acceptors (Lipinski definition) is 0. The number of hydrogen-bond donors (Lipinski definition) is 0. The van der Waals surface area contributed by atoms with Crippen molar-refractivity contribution in [1.82, 2.24) is 0 Å². The van der Waals surface area contributed by atoms with Crippen molar-refractivity contribution in [3.63, 3.8) is 0 Å². The molecule has 0 radical (unpaired) electrons. The molecule has 0 nitrogen and oxygen atoms in total. The molecule has 0 aliphatic carbocycles. The summed E-state index contributed by atoms with van der Waals surface area (Å²) in [6.07, 6.45) is 0. The Kier molecular flexibility index (Phi) is 311. The smallest absolute Gasteiger partial charge is 0.0776 e. The Balaban J connectivity index is 0. The zero-order chi connectivity index (χ0) is 0. The molecule has 0 fully saturated rings. The average molecular weight is 151 g/mol. The fourth-order valence-electron chi connectivity index (χ4n) is 0. The minimum atomic E-state index is 0. The van der Waals surface area contributed by atoms with Gasteiger partial charge in [-0.1, -0.05) is 7.43 Å². The van der Waals surface area contributed by atoms with Crippen LogP contribution in [0.3, 0.4) is 0 Å². The molecule has 24 valence electrons. The van der Waals surface area contributed by atoms with Gasteiger partial charge in [-0.25, -0.2) is 0 Å². The molecule has 0 bridgehead atoms. The molecule has 0 aromatic heterocycles. The normalized spacial score (nSPS) is 0. The largest absolute Gasteiger partial charge is 0.187 e. The van der Waals surface area contributed by atoms with Gasteiger partial charge in [-0.2, -0.15) is 0 Å². The molecule has 0 aromatic carbocycles. The van der Waals surface area contributed by atoms with Gasteiger partial charge < -0.3 is 0 Å². The van der Waals surface area contributed by atoms with Crippen molar-refractivity contribution in [2.75, 3.05) is 0 Å². The molecule has 0 rings (SSSR count). The zero-order valence-electron chi connectivity index (χ0n) is 0.500. The second-order valence-corrected chi connectivity index (χ2v) is 0. The van der Waals surface area contributed by atoms with E-state index in [1.807, 2.05) is 0 Å². The molecular formula is CH10AlBZr. The first-order valence-electron chi connectivity index (χ1n) is 0. The average Bonchev–Trinajstić information content (AvgIpc) is 0. The van der Waals surface area contributed by atoms with Crippen molar-refractivity contribution in [1.29, 1.82) is 0 Å². The maximum Gasteiger partial charge on any atom is 0.187 e. The molecule has 0 saturated heterocycles. The topological polar surface area (TPSA) is 0 Å². The Morgan fingerprint density at radius 3 is 1.00 bits per heavy atom. The molecule has 0 saturated carbocycles. The van der Waals surface area contributed by atoms with Crippen molar-refractivity contribution >= 4 is 25.8 Å². The van der Waals surface area contributed by atoms with Crippen LogP contribution in [0.25, 0.3) is 0 Å². The van der Waals surface area contributed by atoms with Crippen LogP contribution in [0, 0.1) is 0 Å². The Bertz CT molecular complexity index is 8.00. The summed E-state index contributed by atoms with van der Waals surface area (Å²) in [5.41, 5.74) is 0. The maximum atomic E-state index is 0. The summed E-state index contributed by atoms with van der Waals surface area (Å²) in [5, 5.41) is 0. The van der Waals surface area contributed by atoms with Gasteiger partial charge in [0.05, 0.1) is 8.41 Å². The minimum absolute atomic E-state index is 0. The molecule has 0 atom stereocenters. The van der Waals surface area contributed by atoms with Crippen molar-refractivity contribution in [3.05, 3.63) is 0 Å². The summed E-state index contributed by atoms with van der Waals surface area (Å²) in [6, 6.07) is 0. The Morgan fingerprint density at radius 2 is 1.00 bits per heavy atom. The third kappa shape index (κ3) is 9.77. The van der Waals surface area contributed by atoms with E-state index in [-0.39, 0.29) is 59.4 Å². The van der Waals surface area contributed by atoms with Gasteiger partial charge in [0.1, 0.15) is 0 Å². The molecule has 4 heavy (non-hydrogen) atoms. The van der Waals surface area contributed by atoms with Gasteiger partial charge in [0.2, 0.25) is 0 Å². The van der Waals surface area contributed by atoms with Gasteiger partial charge in [-0.15, -0.1) is 0 Å². The maximum absolute atomic E-state index is 0. The predicted molar refractivity (Wildman–Crippen MR) is 26.6 cm³/mol. The van der Waals surface area contributed by atoms with E-state index in [0.29, 0.717) is 0 Å². The van der Waals surface area contributed by atoms with E-state index in [9.17, 15) is 0 Å². The van der Waals surface area contributed by atoms with Gasteiger partial charge in [0, 0.05) is 26.2 Å². The van der Waals surface area contributed by atoms with Crippen LogP contribution in [0.5, 0.6) is 0 Å². The van der Waals surface area contributed by atoms with Crippen molar-refractivity contribution in [3.8, 4) is 0 Å². The van der Waals surface area contributed by atoms with Crippen LogP contribution in [-0.4, -0.2) is 25.8 Å². The summed E-state index contributed by atoms with van der Waals surface area (Å²) in [6.45, 7) is 0. The first kappa shape index (κ1) is 50.2. The molecule has 0 spiro atoms. The molecule has 3 heteroatoms. The molecule has 0 aromatic rings. The van der Waals surface area contributed by atoms with Gasteiger partial charge >= 0.3 is 0 Å². The summed E-state index contributed by atoms with van der Waals surface area (Å²) < 4.78 is 0. The third-order valence-corrected chi connectivity index (χ3v) is 0. The van der Waals surface area contributed by atoms with E-state index in [2.05, 4.69) is 0 Å². The van der Waals surface area contributed by atoms with Crippen molar-refractivity contribution < 1.29 is 26.2 Å². The molecule has 0 amide bonds. The predicted octanol–water partition coefficient (Wildman–Crippen LogP) is -1.73. The minimum Gasteiger partial charge on any atom is -0.0776 e. The van der Waals surface area contributed by atoms with Crippen LogP contribution in [0.2, 0.25) is 0 Å². The second-order valence-electron chi connectivity index (χ2n) is 0. The summed E-state index contributed by atoms with van der Waals surface area (Å²) in [7, 11) is 0. The summed E-state index contributed by atoms with van der Waals surface area (Å²) in [4.78, 5) is 0. The van der Waals surface area contributed by atoms with Crippen LogP contribution < -0.4 is 0 Å². The van der Waals surface area contributed by atoms with Crippen LogP contribution in [0.1, 0.15) is 7.43 Å². The molecular weight excluding hydrogens is 141 g/mol. The van der Waals surface area contributed by atoms with Gasteiger partial charge in [0.15, 0.2) is 17.4 Å². The van der Waals surface area contributed by atoms with E-state index < -0.39 is 0 Å². The van der Waals surface area contributed by atoms with Crippen LogP contribution >= 0.6 is 0 Å². The number of rotatable bonds is 0.